The minimum Gasteiger partial charge on any atom is -0.476 e. The third-order valence-electron chi connectivity index (χ3n) is 1.83. The van der Waals surface area contributed by atoms with Crippen LogP contribution in [0.15, 0.2) is 6.07 Å². The SMILES string of the molecule is CNC(=O)Cn1nc(C(=O)O)cc1C(F)F. The molecular formula is C8H9F2N3O3. The predicted molar refractivity (Wildman–Crippen MR) is 48.2 cm³/mol. The van der Waals surface area contributed by atoms with Gasteiger partial charge in [-0.2, -0.15) is 5.10 Å². The van der Waals surface area contributed by atoms with Gasteiger partial charge in [0.2, 0.25) is 5.91 Å². The van der Waals surface area contributed by atoms with Crippen molar-refractivity contribution in [2.24, 2.45) is 0 Å². The van der Waals surface area contributed by atoms with E-state index in [4.69, 9.17) is 5.11 Å². The molecule has 0 aliphatic carbocycles. The maximum absolute atomic E-state index is 12.5. The van der Waals surface area contributed by atoms with Gasteiger partial charge in [-0.1, -0.05) is 0 Å². The number of amides is 1. The fraction of sp³-hybridized carbons (Fsp3) is 0.375. The summed E-state index contributed by atoms with van der Waals surface area (Å²) in [5, 5.41) is 14.2. The molecular weight excluding hydrogens is 224 g/mol. The number of likely N-dealkylation sites (N-methyl/N-ethyl adjacent to an activating group) is 1. The average Bonchev–Trinajstić information content (AvgIpc) is 2.61. The van der Waals surface area contributed by atoms with E-state index in [2.05, 4.69) is 10.4 Å². The molecule has 1 aromatic heterocycles. The van der Waals surface area contributed by atoms with Gasteiger partial charge in [-0.25, -0.2) is 13.6 Å². The molecule has 2 N–H and O–H groups in total. The van der Waals surface area contributed by atoms with E-state index in [9.17, 15) is 18.4 Å². The number of halogens is 2. The smallest absolute Gasteiger partial charge is 0.356 e. The monoisotopic (exact) mass is 233 g/mol. The number of aromatic nitrogens is 2. The Morgan fingerprint density at radius 1 is 1.62 bits per heavy atom. The molecule has 1 aromatic rings. The summed E-state index contributed by atoms with van der Waals surface area (Å²) in [5.74, 6) is -1.96. The van der Waals surface area contributed by atoms with Crippen LogP contribution in [0.25, 0.3) is 0 Å². The van der Waals surface area contributed by atoms with Gasteiger partial charge >= 0.3 is 5.97 Å². The molecule has 0 saturated carbocycles. The minimum absolute atomic E-state index is 0.441. The van der Waals surface area contributed by atoms with Crippen molar-refractivity contribution in [3.05, 3.63) is 17.5 Å². The highest BCUT2D eigenvalue weighted by atomic mass is 19.3. The second-order valence-electron chi connectivity index (χ2n) is 2.89. The lowest BCUT2D eigenvalue weighted by molar-refractivity contribution is -0.121. The Kier molecular flexibility index (Phi) is 3.54. The maximum Gasteiger partial charge on any atom is 0.356 e. The highest BCUT2D eigenvalue weighted by Crippen LogP contribution is 2.19. The number of alkyl halides is 2. The molecule has 1 rings (SSSR count). The van der Waals surface area contributed by atoms with Crippen molar-refractivity contribution in [3.8, 4) is 0 Å². The lowest BCUT2D eigenvalue weighted by Crippen LogP contribution is -2.25. The molecule has 0 aliphatic rings. The van der Waals surface area contributed by atoms with Crippen LogP contribution in [-0.2, 0) is 11.3 Å². The summed E-state index contributed by atoms with van der Waals surface area (Å²) >= 11 is 0. The third-order valence-corrected chi connectivity index (χ3v) is 1.83. The highest BCUT2D eigenvalue weighted by Gasteiger charge is 2.20. The quantitative estimate of drug-likeness (QED) is 0.781. The van der Waals surface area contributed by atoms with Gasteiger partial charge in [-0.3, -0.25) is 9.48 Å². The Bertz CT molecular complexity index is 417. The van der Waals surface area contributed by atoms with Crippen LogP contribution in [0.2, 0.25) is 0 Å². The topological polar surface area (TPSA) is 84.2 Å². The van der Waals surface area contributed by atoms with Gasteiger partial charge in [0.05, 0.1) is 0 Å². The minimum atomic E-state index is -2.88. The molecule has 88 valence electrons. The number of rotatable bonds is 4. The fourth-order valence-corrected chi connectivity index (χ4v) is 1.05. The van der Waals surface area contributed by atoms with E-state index in [1.807, 2.05) is 0 Å². The molecule has 0 spiro atoms. The van der Waals surface area contributed by atoms with Crippen LogP contribution in [0.5, 0.6) is 0 Å². The van der Waals surface area contributed by atoms with Crippen molar-refractivity contribution in [2.45, 2.75) is 13.0 Å². The van der Waals surface area contributed by atoms with Crippen LogP contribution in [-0.4, -0.2) is 33.8 Å². The average molecular weight is 233 g/mol. The van der Waals surface area contributed by atoms with E-state index < -0.39 is 36.2 Å². The van der Waals surface area contributed by atoms with Crippen LogP contribution in [0.4, 0.5) is 8.78 Å². The number of nitrogens with one attached hydrogen (secondary N) is 1. The molecule has 0 fully saturated rings. The van der Waals surface area contributed by atoms with Gasteiger partial charge in [0.25, 0.3) is 6.43 Å². The first-order chi connectivity index (χ1) is 7.45. The Morgan fingerprint density at radius 3 is 2.69 bits per heavy atom. The number of hydrogen-bond acceptors (Lipinski definition) is 3. The molecule has 8 heteroatoms. The predicted octanol–water partition coefficient (Wildman–Crippen LogP) is 0.265. The van der Waals surface area contributed by atoms with Gasteiger partial charge in [-0.15, -0.1) is 0 Å². The van der Waals surface area contributed by atoms with Crippen LogP contribution in [0, 0.1) is 0 Å². The first-order valence-corrected chi connectivity index (χ1v) is 4.25. The molecule has 1 heterocycles. The zero-order valence-electron chi connectivity index (χ0n) is 8.28. The van der Waals surface area contributed by atoms with Crippen LogP contribution < -0.4 is 5.32 Å². The van der Waals surface area contributed by atoms with Crippen molar-refractivity contribution >= 4 is 11.9 Å². The van der Waals surface area contributed by atoms with E-state index in [1.54, 1.807) is 0 Å². The Balaban J connectivity index is 3.05. The van der Waals surface area contributed by atoms with E-state index >= 15 is 0 Å². The summed E-state index contributed by atoms with van der Waals surface area (Å²) in [7, 11) is 1.34. The Hall–Kier alpha value is -1.99. The molecule has 0 unspecified atom stereocenters. The van der Waals surface area contributed by atoms with Crippen molar-refractivity contribution in [3.63, 3.8) is 0 Å². The molecule has 0 atom stereocenters. The summed E-state index contributed by atoms with van der Waals surface area (Å²) in [6.45, 7) is -0.441. The number of carboxylic acid groups (broad SMARTS) is 1. The highest BCUT2D eigenvalue weighted by molar-refractivity contribution is 5.85. The largest absolute Gasteiger partial charge is 0.476 e. The zero-order valence-corrected chi connectivity index (χ0v) is 8.28. The number of nitrogens with zero attached hydrogens (tertiary/aromatic N) is 2. The lowest BCUT2D eigenvalue weighted by atomic mass is 10.3. The van der Waals surface area contributed by atoms with Crippen molar-refractivity contribution in [1.29, 1.82) is 0 Å². The second-order valence-corrected chi connectivity index (χ2v) is 2.89. The summed E-state index contributed by atoms with van der Waals surface area (Å²) in [6.07, 6.45) is -2.88. The van der Waals surface area contributed by atoms with Crippen LogP contribution >= 0.6 is 0 Å². The van der Waals surface area contributed by atoms with E-state index in [1.165, 1.54) is 7.05 Å². The van der Waals surface area contributed by atoms with E-state index in [0.29, 0.717) is 4.68 Å². The lowest BCUT2D eigenvalue weighted by Gasteiger charge is -2.04. The van der Waals surface area contributed by atoms with Crippen molar-refractivity contribution in [2.75, 3.05) is 7.05 Å². The number of carboxylic acids is 1. The van der Waals surface area contributed by atoms with Crippen LogP contribution in [0.1, 0.15) is 22.6 Å². The number of carbonyl (C=O) groups is 2. The van der Waals surface area contributed by atoms with E-state index in [-0.39, 0.29) is 0 Å². The summed E-state index contributed by atoms with van der Waals surface area (Å²) < 4.78 is 25.6. The van der Waals surface area contributed by atoms with Gasteiger partial charge in [-0.05, 0) is 0 Å². The third kappa shape index (κ3) is 2.53. The second kappa shape index (κ2) is 4.69. The molecule has 0 saturated heterocycles. The molecule has 6 nitrogen and oxygen atoms in total. The molecule has 0 radical (unpaired) electrons. The van der Waals surface area contributed by atoms with Crippen molar-refractivity contribution < 1.29 is 23.5 Å². The first-order valence-electron chi connectivity index (χ1n) is 4.25. The van der Waals surface area contributed by atoms with Gasteiger partial charge < -0.3 is 10.4 Å². The number of aromatic carboxylic acids is 1. The van der Waals surface area contributed by atoms with E-state index in [0.717, 1.165) is 6.07 Å². The summed E-state index contributed by atoms with van der Waals surface area (Å²) in [6, 6.07) is 0.746. The van der Waals surface area contributed by atoms with Gasteiger partial charge in [0.15, 0.2) is 5.69 Å². The summed E-state index contributed by atoms with van der Waals surface area (Å²) in [4.78, 5) is 21.5. The number of carbonyl (C=O) groups excluding carboxylic acids is 1. The molecule has 16 heavy (non-hydrogen) atoms. The molecule has 0 aliphatic heterocycles. The van der Waals surface area contributed by atoms with Gasteiger partial charge in [0.1, 0.15) is 12.2 Å². The maximum atomic E-state index is 12.5. The zero-order chi connectivity index (χ0) is 12.3. The van der Waals surface area contributed by atoms with Crippen LogP contribution in [0.3, 0.4) is 0 Å². The standard InChI is InChI=1S/C8H9F2N3O3/c1-11-6(14)3-13-5(7(9)10)2-4(12-13)8(15)16/h2,7H,3H2,1H3,(H,11,14)(H,15,16). The van der Waals surface area contributed by atoms with Gasteiger partial charge in [0, 0.05) is 13.1 Å². The summed E-state index contributed by atoms with van der Waals surface area (Å²) in [5.41, 5.74) is -1.11. The Morgan fingerprint density at radius 2 is 2.25 bits per heavy atom. The molecule has 0 aromatic carbocycles. The Labute approximate surface area is 88.9 Å². The first kappa shape index (κ1) is 12.1. The number of hydrogen-bond donors (Lipinski definition) is 2. The fourth-order valence-electron chi connectivity index (χ4n) is 1.05. The molecule has 1 amide bonds. The van der Waals surface area contributed by atoms with Crippen molar-refractivity contribution in [1.82, 2.24) is 15.1 Å². The molecule has 0 bridgehead atoms. The normalized spacial score (nSPS) is 10.5.